The number of nitrogens with one attached hydrogen (secondary N) is 2. The second-order valence-electron chi connectivity index (χ2n) is 6.70. The number of fused-ring (bicyclic) bond motifs is 1. The van der Waals surface area contributed by atoms with Crippen LogP contribution in [0.15, 0.2) is 59.8 Å². The molecule has 1 amide bonds. The van der Waals surface area contributed by atoms with Gasteiger partial charge in [-0.05, 0) is 36.4 Å². The minimum Gasteiger partial charge on any atom is -0.490 e. The summed E-state index contributed by atoms with van der Waals surface area (Å²) in [6.07, 6.45) is 3.80. The number of carbonyl (C=O) groups is 1. The van der Waals surface area contributed by atoms with Crippen molar-refractivity contribution in [3.63, 3.8) is 0 Å². The number of carbonyl (C=O) groups excluding carboxylic acids is 1. The molecular formula is C20H20N4O5S. The summed E-state index contributed by atoms with van der Waals surface area (Å²) in [5.41, 5.74) is 1.32. The smallest absolute Gasteiger partial charge is 0.262 e. The van der Waals surface area contributed by atoms with E-state index in [1.165, 1.54) is 23.0 Å². The zero-order valence-corrected chi connectivity index (χ0v) is 17.0. The SMILES string of the molecule is Cn1cc(C(=O)Nc2ccc(NS(=O)(=O)c3ccc4c(c3)OCCCO4)cc2)cn1. The molecule has 156 valence electrons. The fraction of sp³-hybridized carbons (Fsp3) is 0.200. The molecule has 0 aliphatic carbocycles. The number of benzene rings is 2. The van der Waals surface area contributed by atoms with E-state index in [1.54, 1.807) is 43.6 Å². The minimum absolute atomic E-state index is 0.0701. The fourth-order valence-electron chi connectivity index (χ4n) is 2.89. The first kappa shape index (κ1) is 19.8. The standard InChI is InChI=1S/C20H20N4O5S/c1-24-13-14(12-21-24)20(25)22-15-3-5-16(6-4-15)23-30(26,27)17-7-8-18-19(11-17)29-10-2-9-28-18/h3-8,11-13,23H,2,9-10H2,1H3,(H,22,25). The first-order valence-corrected chi connectivity index (χ1v) is 10.7. The van der Waals surface area contributed by atoms with Crippen LogP contribution in [0.1, 0.15) is 16.8 Å². The molecule has 0 unspecified atom stereocenters. The van der Waals surface area contributed by atoms with E-state index in [-0.39, 0.29) is 10.8 Å². The van der Waals surface area contributed by atoms with Crippen LogP contribution in [-0.2, 0) is 17.1 Å². The number of hydrogen-bond donors (Lipinski definition) is 2. The Hall–Kier alpha value is -3.53. The van der Waals surface area contributed by atoms with Gasteiger partial charge in [0.2, 0.25) is 0 Å². The Balaban J connectivity index is 1.46. The molecule has 3 aromatic rings. The Morgan fingerprint density at radius 3 is 2.43 bits per heavy atom. The molecule has 1 aromatic heterocycles. The van der Waals surface area contributed by atoms with Crippen LogP contribution in [0.2, 0.25) is 0 Å². The highest BCUT2D eigenvalue weighted by Gasteiger charge is 2.19. The van der Waals surface area contributed by atoms with Crippen molar-refractivity contribution in [2.24, 2.45) is 7.05 Å². The molecule has 4 rings (SSSR count). The van der Waals surface area contributed by atoms with E-state index < -0.39 is 10.0 Å². The van der Waals surface area contributed by atoms with Gasteiger partial charge in [-0.3, -0.25) is 14.2 Å². The highest BCUT2D eigenvalue weighted by atomic mass is 32.2. The van der Waals surface area contributed by atoms with Gasteiger partial charge in [-0.15, -0.1) is 0 Å². The lowest BCUT2D eigenvalue weighted by Gasteiger charge is -2.12. The number of sulfonamides is 1. The third-order valence-electron chi connectivity index (χ3n) is 4.39. The molecule has 0 saturated carbocycles. The van der Waals surface area contributed by atoms with Crippen LogP contribution in [0.4, 0.5) is 11.4 Å². The van der Waals surface area contributed by atoms with E-state index in [2.05, 4.69) is 15.1 Å². The van der Waals surface area contributed by atoms with Gasteiger partial charge < -0.3 is 14.8 Å². The molecule has 2 aromatic carbocycles. The Kier molecular flexibility index (Phi) is 5.32. The summed E-state index contributed by atoms with van der Waals surface area (Å²) in [6.45, 7) is 0.997. The van der Waals surface area contributed by atoms with E-state index in [0.29, 0.717) is 41.7 Å². The highest BCUT2D eigenvalue weighted by Crippen LogP contribution is 2.32. The van der Waals surface area contributed by atoms with Crippen molar-refractivity contribution < 1.29 is 22.7 Å². The van der Waals surface area contributed by atoms with Gasteiger partial charge in [0.15, 0.2) is 11.5 Å². The van der Waals surface area contributed by atoms with Crippen molar-refractivity contribution in [1.82, 2.24) is 9.78 Å². The second-order valence-corrected chi connectivity index (χ2v) is 8.38. The quantitative estimate of drug-likeness (QED) is 0.646. The number of anilines is 2. The average Bonchev–Trinajstić information content (AvgIpc) is 3.02. The monoisotopic (exact) mass is 428 g/mol. The zero-order valence-electron chi connectivity index (χ0n) is 16.2. The number of aromatic nitrogens is 2. The third-order valence-corrected chi connectivity index (χ3v) is 5.77. The zero-order chi connectivity index (χ0) is 21.1. The first-order valence-electron chi connectivity index (χ1n) is 9.23. The molecule has 0 radical (unpaired) electrons. The van der Waals surface area contributed by atoms with Crippen molar-refractivity contribution in [1.29, 1.82) is 0 Å². The molecule has 0 bridgehead atoms. The van der Waals surface area contributed by atoms with E-state index >= 15 is 0 Å². The number of aryl methyl sites for hydroxylation is 1. The largest absolute Gasteiger partial charge is 0.490 e. The molecule has 0 atom stereocenters. The molecule has 0 fully saturated rings. The average molecular weight is 428 g/mol. The normalized spacial score (nSPS) is 13.4. The summed E-state index contributed by atoms with van der Waals surface area (Å²) in [6, 6.07) is 10.9. The molecule has 2 N–H and O–H groups in total. The van der Waals surface area contributed by atoms with E-state index in [1.807, 2.05) is 0 Å². The van der Waals surface area contributed by atoms with Crippen LogP contribution in [-0.4, -0.2) is 37.3 Å². The van der Waals surface area contributed by atoms with Crippen molar-refractivity contribution in [3.05, 3.63) is 60.4 Å². The molecule has 1 aliphatic rings. The van der Waals surface area contributed by atoms with Gasteiger partial charge in [0.05, 0.1) is 29.9 Å². The lowest BCUT2D eigenvalue weighted by Crippen LogP contribution is -2.14. The van der Waals surface area contributed by atoms with Crippen LogP contribution in [0.25, 0.3) is 0 Å². The van der Waals surface area contributed by atoms with Gasteiger partial charge in [-0.2, -0.15) is 5.10 Å². The number of nitrogens with zero attached hydrogens (tertiary/aromatic N) is 2. The van der Waals surface area contributed by atoms with Crippen LogP contribution in [0, 0.1) is 0 Å². The van der Waals surface area contributed by atoms with E-state index in [0.717, 1.165) is 6.42 Å². The molecule has 0 spiro atoms. The predicted molar refractivity (Wildman–Crippen MR) is 110 cm³/mol. The lowest BCUT2D eigenvalue weighted by molar-refractivity contribution is 0.102. The summed E-state index contributed by atoms with van der Waals surface area (Å²) in [4.78, 5) is 12.2. The van der Waals surface area contributed by atoms with Crippen molar-refractivity contribution >= 4 is 27.3 Å². The molecule has 9 nitrogen and oxygen atoms in total. The fourth-order valence-corrected chi connectivity index (χ4v) is 3.96. The van der Waals surface area contributed by atoms with Gasteiger partial charge in [0.1, 0.15) is 0 Å². The van der Waals surface area contributed by atoms with Crippen molar-refractivity contribution in [3.8, 4) is 11.5 Å². The number of amides is 1. The topological polar surface area (TPSA) is 112 Å². The highest BCUT2D eigenvalue weighted by molar-refractivity contribution is 7.92. The Labute approximate surface area is 173 Å². The summed E-state index contributed by atoms with van der Waals surface area (Å²) in [7, 11) is -2.10. The van der Waals surface area contributed by atoms with Gasteiger partial charge in [0, 0.05) is 37.1 Å². The maximum atomic E-state index is 12.7. The van der Waals surface area contributed by atoms with Crippen LogP contribution < -0.4 is 19.5 Å². The number of hydrogen-bond acceptors (Lipinski definition) is 6. The Morgan fingerprint density at radius 1 is 1.03 bits per heavy atom. The van der Waals surface area contributed by atoms with Crippen molar-refractivity contribution in [2.75, 3.05) is 23.3 Å². The van der Waals surface area contributed by atoms with E-state index in [9.17, 15) is 13.2 Å². The maximum Gasteiger partial charge on any atom is 0.262 e. The minimum atomic E-state index is -3.82. The van der Waals surface area contributed by atoms with Gasteiger partial charge in [-0.1, -0.05) is 0 Å². The summed E-state index contributed by atoms with van der Waals surface area (Å²) >= 11 is 0. The predicted octanol–water partition coefficient (Wildman–Crippen LogP) is 2.63. The molecule has 30 heavy (non-hydrogen) atoms. The lowest BCUT2D eigenvalue weighted by atomic mass is 10.2. The number of ether oxygens (including phenoxy) is 2. The van der Waals surface area contributed by atoms with Gasteiger partial charge in [-0.25, -0.2) is 8.42 Å². The molecule has 2 heterocycles. The first-order chi connectivity index (χ1) is 14.4. The Bertz CT molecular complexity index is 1170. The van der Waals surface area contributed by atoms with Crippen molar-refractivity contribution in [2.45, 2.75) is 11.3 Å². The Morgan fingerprint density at radius 2 is 1.73 bits per heavy atom. The molecular weight excluding hydrogens is 408 g/mol. The van der Waals surface area contributed by atoms with Crippen LogP contribution in [0.5, 0.6) is 11.5 Å². The van der Waals surface area contributed by atoms with Gasteiger partial charge in [0.25, 0.3) is 15.9 Å². The summed E-state index contributed by atoms with van der Waals surface area (Å²) < 4.78 is 40.6. The maximum absolute atomic E-state index is 12.7. The van der Waals surface area contributed by atoms with Gasteiger partial charge >= 0.3 is 0 Å². The number of rotatable bonds is 5. The van der Waals surface area contributed by atoms with Crippen LogP contribution >= 0.6 is 0 Å². The third kappa shape index (κ3) is 4.38. The molecule has 1 aliphatic heterocycles. The molecule has 0 saturated heterocycles. The van der Waals surface area contributed by atoms with E-state index in [4.69, 9.17) is 9.47 Å². The summed E-state index contributed by atoms with van der Waals surface area (Å²) in [5, 5.41) is 6.69. The summed E-state index contributed by atoms with van der Waals surface area (Å²) in [5.74, 6) is 0.632. The van der Waals surface area contributed by atoms with Crippen LogP contribution in [0.3, 0.4) is 0 Å². The molecule has 10 heteroatoms. The second kappa shape index (κ2) is 8.07.